The van der Waals surface area contributed by atoms with Crippen LogP contribution in [-0.2, 0) is 0 Å². The van der Waals surface area contributed by atoms with Crippen LogP contribution in [0.25, 0.3) is 0 Å². The quantitative estimate of drug-likeness (QED) is 0.820. The maximum Gasteiger partial charge on any atom is 0.148 e. The Hall–Kier alpha value is 0.190. The van der Waals surface area contributed by atoms with Gasteiger partial charge >= 0.3 is 0 Å². The largest absolute Gasteiger partial charge is 0.396 e. The smallest absolute Gasteiger partial charge is 0.148 e. The van der Waals surface area contributed by atoms with E-state index in [9.17, 15) is 0 Å². The highest BCUT2D eigenvalue weighted by atomic mass is 31.2. The van der Waals surface area contributed by atoms with Gasteiger partial charge in [-0.05, 0) is 18.3 Å². The number of benzene rings is 1. The molecule has 2 rings (SSSR count). The van der Waals surface area contributed by atoms with E-state index in [1.165, 1.54) is 0 Å². The molecular formula is C8H14N3OP3. The van der Waals surface area contributed by atoms with Crippen molar-refractivity contribution in [3.05, 3.63) is 30.3 Å². The molecule has 0 aromatic heterocycles. The highest BCUT2D eigenvalue weighted by Gasteiger charge is 2.22. The van der Waals surface area contributed by atoms with Crippen molar-refractivity contribution in [3.8, 4) is 5.75 Å². The third-order valence-electron chi connectivity index (χ3n) is 1.85. The number of hydrogen-bond donors (Lipinski definition) is 2. The Morgan fingerprint density at radius 1 is 1.40 bits per heavy atom. The Bertz CT molecular complexity index is 300. The van der Waals surface area contributed by atoms with Crippen LogP contribution in [0.2, 0.25) is 0 Å². The maximum atomic E-state index is 5.81. The molecule has 2 N–H and O–H groups in total. The number of para-hydroxylation sites is 1. The van der Waals surface area contributed by atoms with Crippen LogP contribution in [0.15, 0.2) is 30.3 Å². The molecule has 1 aliphatic heterocycles. The summed E-state index contributed by atoms with van der Waals surface area (Å²) in [6.45, 7) is 2.18. The molecule has 1 aliphatic rings. The van der Waals surface area contributed by atoms with Crippen molar-refractivity contribution >= 4 is 26.0 Å². The second-order valence-electron chi connectivity index (χ2n) is 2.87. The third kappa shape index (κ3) is 3.32. The van der Waals surface area contributed by atoms with E-state index in [-0.39, 0.29) is 8.22 Å². The number of rotatable bonds is 3. The van der Waals surface area contributed by atoms with E-state index >= 15 is 0 Å². The Kier molecular flexibility index (Phi) is 4.71. The predicted molar refractivity (Wildman–Crippen MR) is 69.3 cm³/mol. The minimum Gasteiger partial charge on any atom is -0.396 e. The fourth-order valence-corrected chi connectivity index (χ4v) is 6.39. The van der Waals surface area contributed by atoms with Crippen LogP contribution in [0.4, 0.5) is 0 Å². The molecule has 82 valence electrons. The van der Waals surface area contributed by atoms with E-state index in [4.69, 9.17) is 4.84 Å². The molecule has 1 aromatic rings. The molecule has 1 heterocycles. The van der Waals surface area contributed by atoms with Crippen LogP contribution >= 0.6 is 26.0 Å². The number of nitrogens with zero attached hydrogens (tertiary/aromatic N) is 1. The Balaban J connectivity index is 1.97. The zero-order valence-electron chi connectivity index (χ0n) is 8.40. The van der Waals surface area contributed by atoms with Crippen LogP contribution in [0.1, 0.15) is 6.92 Å². The maximum absolute atomic E-state index is 5.81. The van der Waals surface area contributed by atoms with Gasteiger partial charge < -0.3 is 4.84 Å². The normalized spacial score (nSPS) is 25.8. The molecule has 7 heteroatoms. The SMILES string of the molecule is CCP1NPNPN1Oc1ccccc1. The van der Waals surface area contributed by atoms with Crippen LogP contribution in [0.5, 0.6) is 5.75 Å². The summed E-state index contributed by atoms with van der Waals surface area (Å²) in [6.07, 6.45) is 1.10. The van der Waals surface area contributed by atoms with Gasteiger partial charge in [0.15, 0.2) is 0 Å². The first kappa shape index (κ1) is 11.7. The lowest BCUT2D eigenvalue weighted by atomic mass is 10.3. The van der Waals surface area contributed by atoms with Gasteiger partial charge in [-0.2, -0.15) is 0 Å². The summed E-state index contributed by atoms with van der Waals surface area (Å²) in [4.78, 5) is 12.5. The third-order valence-corrected chi connectivity index (χ3v) is 6.71. The van der Waals surface area contributed by atoms with E-state index in [0.717, 1.165) is 11.9 Å². The monoisotopic (exact) mass is 261 g/mol. The number of hydrogen-bond acceptors (Lipinski definition) is 4. The van der Waals surface area contributed by atoms with Crippen LogP contribution in [-0.4, -0.2) is 10.8 Å². The summed E-state index contributed by atoms with van der Waals surface area (Å²) in [5.41, 5.74) is 0. The summed E-state index contributed by atoms with van der Waals surface area (Å²) in [5.74, 6) is 0.903. The summed E-state index contributed by atoms with van der Waals surface area (Å²) >= 11 is 0. The van der Waals surface area contributed by atoms with E-state index in [0.29, 0.717) is 17.8 Å². The van der Waals surface area contributed by atoms with Crippen molar-refractivity contribution in [3.63, 3.8) is 0 Å². The van der Waals surface area contributed by atoms with Crippen LogP contribution < -0.4 is 14.6 Å². The van der Waals surface area contributed by atoms with Gasteiger partial charge in [-0.1, -0.05) is 29.7 Å². The fraction of sp³-hybridized carbons (Fsp3) is 0.250. The van der Waals surface area contributed by atoms with Gasteiger partial charge in [-0.25, -0.2) is 4.86 Å². The van der Waals surface area contributed by atoms with Crippen LogP contribution in [0.3, 0.4) is 0 Å². The molecule has 1 aromatic carbocycles. The predicted octanol–water partition coefficient (Wildman–Crippen LogP) is 2.82. The summed E-state index contributed by atoms with van der Waals surface area (Å²) in [5, 5.41) is 0. The molecule has 3 atom stereocenters. The highest BCUT2D eigenvalue weighted by Crippen LogP contribution is 2.50. The lowest BCUT2D eigenvalue weighted by Gasteiger charge is -2.33. The molecule has 0 saturated carbocycles. The Morgan fingerprint density at radius 3 is 2.93 bits per heavy atom. The zero-order valence-corrected chi connectivity index (χ0v) is 11.3. The van der Waals surface area contributed by atoms with E-state index in [2.05, 4.69) is 16.6 Å². The van der Waals surface area contributed by atoms with E-state index < -0.39 is 0 Å². The first-order valence-corrected chi connectivity index (χ1v) is 8.14. The van der Waals surface area contributed by atoms with Gasteiger partial charge in [0.1, 0.15) is 5.75 Å². The fourth-order valence-electron chi connectivity index (χ4n) is 1.13. The molecule has 4 nitrogen and oxygen atoms in total. The highest BCUT2D eigenvalue weighted by molar-refractivity contribution is 7.73. The van der Waals surface area contributed by atoms with E-state index in [1.54, 1.807) is 0 Å². The molecule has 0 aliphatic carbocycles. The summed E-state index contributed by atoms with van der Waals surface area (Å²) in [7, 11) is 0.867. The number of nitrogens with one attached hydrogen (secondary N) is 2. The van der Waals surface area contributed by atoms with Crippen molar-refractivity contribution in [1.29, 1.82) is 0 Å². The Morgan fingerprint density at radius 2 is 2.20 bits per heavy atom. The standard InChI is InChI=1S/C8H14N3OP3/c1-2-15-10-13-9-14-11(15)12-8-6-4-3-5-7-8/h3-7,9-10,13-14H,2H2,1H3. The average molecular weight is 261 g/mol. The molecule has 0 bridgehead atoms. The van der Waals surface area contributed by atoms with Gasteiger partial charge in [0.05, 0.1) is 17.1 Å². The first-order chi connectivity index (χ1) is 7.40. The Labute approximate surface area is 94.7 Å². The van der Waals surface area contributed by atoms with E-state index in [1.807, 2.05) is 34.9 Å². The second kappa shape index (κ2) is 6.06. The van der Waals surface area contributed by atoms with Crippen molar-refractivity contribution in [2.45, 2.75) is 6.92 Å². The first-order valence-electron chi connectivity index (χ1n) is 4.72. The van der Waals surface area contributed by atoms with Gasteiger partial charge in [0, 0.05) is 8.88 Å². The van der Waals surface area contributed by atoms with Gasteiger partial charge in [-0.3, -0.25) is 4.86 Å². The summed E-state index contributed by atoms with van der Waals surface area (Å²) < 4.78 is 2.03. The van der Waals surface area contributed by atoms with Crippen molar-refractivity contribution in [1.82, 2.24) is 14.3 Å². The van der Waals surface area contributed by atoms with Crippen molar-refractivity contribution < 1.29 is 4.84 Å². The molecule has 0 radical (unpaired) electrons. The van der Waals surface area contributed by atoms with Gasteiger partial charge in [0.25, 0.3) is 0 Å². The molecule has 3 unspecified atom stereocenters. The second-order valence-corrected chi connectivity index (χ2v) is 7.81. The van der Waals surface area contributed by atoms with Gasteiger partial charge in [-0.15, -0.1) is 0 Å². The minimum absolute atomic E-state index is 0.333. The molecule has 1 saturated heterocycles. The molecule has 0 amide bonds. The molecule has 15 heavy (non-hydrogen) atoms. The van der Waals surface area contributed by atoms with Crippen LogP contribution in [0, 0.1) is 0 Å². The average Bonchev–Trinajstić information content (AvgIpc) is 2.31. The van der Waals surface area contributed by atoms with Crippen molar-refractivity contribution in [2.24, 2.45) is 0 Å². The lowest BCUT2D eigenvalue weighted by Crippen LogP contribution is -2.25. The zero-order chi connectivity index (χ0) is 10.5. The van der Waals surface area contributed by atoms with Crippen molar-refractivity contribution in [2.75, 3.05) is 6.16 Å². The molecule has 1 fully saturated rings. The topological polar surface area (TPSA) is 36.5 Å². The lowest BCUT2D eigenvalue weighted by molar-refractivity contribution is 0.142. The molecular weight excluding hydrogens is 247 g/mol. The van der Waals surface area contributed by atoms with Gasteiger partial charge in [0.2, 0.25) is 0 Å². The summed E-state index contributed by atoms with van der Waals surface area (Å²) in [6, 6.07) is 9.92. The molecule has 0 spiro atoms. The minimum atomic E-state index is -0.333.